The molecule has 1 heterocycles. The molecule has 1 aliphatic rings. The predicted octanol–water partition coefficient (Wildman–Crippen LogP) is 1.52. The molecule has 1 N–H and O–H groups in total. The van der Waals surface area contributed by atoms with Crippen LogP contribution in [0.4, 0.5) is 0 Å². The average molecular weight is 197 g/mol. The minimum Gasteiger partial charge on any atom is -0.352 e. The normalized spacial score (nSPS) is 31.4. The second-order valence-corrected chi connectivity index (χ2v) is 4.20. The largest absolute Gasteiger partial charge is 0.352 e. The first-order valence-corrected chi connectivity index (χ1v) is 5.34. The molecule has 1 rings (SSSR count). The highest BCUT2D eigenvalue weighted by Gasteiger charge is 2.49. The van der Waals surface area contributed by atoms with E-state index in [1.54, 1.807) is 0 Å². The number of Topliss-reactive ketones (excluding diaryl/α,β-unsaturated/α-hetero) is 1. The van der Waals surface area contributed by atoms with E-state index in [0.717, 1.165) is 0 Å². The van der Waals surface area contributed by atoms with Crippen molar-refractivity contribution < 1.29 is 9.59 Å². The molecule has 1 fully saturated rings. The summed E-state index contributed by atoms with van der Waals surface area (Å²) < 4.78 is 0. The van der Waals surface area contributed by atoms with Gasteiger partial charge in [0.05, 0.1) is 0 Å². The van der Waals surface area contributed by atoms with Gasteiger partial charge in [0.2, 0.25) is 5.91 Å². The summed E-state index contributed by atoms with van der Waals surface area (Å²) in [5.41, 5.74) is -0.758. The summed E-state index contributed by atoms with van der Waals surface area (Å²) >= 11 is 0. The first-order valence-electron chi connectivity index (χ1n) is 5.34. The standard InChI is InChI=1S/C11H19NO2/c1-5-11(6-2)9(13)7(3)8(4)12-10(11)14/h7-8H,5-6H2,1-4H3,(H,12,14). The molecule has 14 heavy (non-hydrogen) atoms. The summed E-state index contributed by atoms with van der Waals surface area (Å²) in [5, 5.41) is 2.89. The van der Waals surface area contributed by atoms with E-state index >= 15 is 0 Å². The number of hydrogen-bond donors (Lipinski definition) is 1. The molecule has 1 aliphatic heterocycles. The molecule has 2 atom stereocenters. The molecule has 0 radical (unpaired) electrons. The smallest absolute Gasteiger partial charge is 0.233 e. The summed E-state index contributed by atoms with van der Waals surface area (Å²) in [6.45, 7) is 7.59. The van der Waals surface area contributed by atoms with Crippen molar-refractivity contribution in [1.82, 2.24) is 5.32 Å². The van der Waals surface area contributed by atoms with Gasteiger partial charge < -0.3 is 5.32 Å². The van der Waals surface area contributed by atoms with Crippen molar-refractivity contribution in [2.45, 2.75) is 46.6 Å². The molecule has 3 nitrogen and oxygen atoms in total. The lowest BCUT2D eigenvalue weighted by molar-refractivity contribution is -0.150. The maximum Gasteiger partial charge on any atom is 0.233 e. The van der Waals surface area contributed by atoms with Gasteiger partial charge in [0.15, 0.2) is 5.78 Å². The van der Waals surface area contributed by atoms with Gasteiger partial charge in [-0.1, -0.05) is 20.8 Å². The first kappa shape index (κ1) is 11.2. The summed E-state index contributed by atoms with van der Waals surface area (Å²) in [5.74, 6) is -0.0375. The van der Waals surface area contributed by atoms with Crippen LogP contribution in [-0.2, 0) is 9.59 Å². The van der Waals surface area contributed by atoms with Crippen LogP contribution < -0.4 is 5.32 Å². The number of nitrogens with one attached hydrogen (secondary N) is 1. The number of piperidine rings is 1. The van der Waals surface area contributed by atoms with Crippen LogP contribution in [0.2, 0.25) is 0 Å². The Morgan fingerprint density at radius 2 is 1.71 bits per heavy atom. The topological polar surface area (TPSA) is 46.2 Å². The van der Waals surface area contributed by atoms with E-state index in [4.69, 9.17) is 0 Å². The van der Waals surface area contributed by atoms with Gasteiger partial charge in [-0.2, -0.15) is 0 Å². The Balaban J connectivity index is 3.05. The van der Waals surface area contributed by atoms with Crippen molar-refractivity contribution in [2.24, 2.45) is 11.3 Å². The minimum atomic E-state index is -0.758. The molecule has 1 amide bonds. The van der Waals surface area contributed by atoms with Crippen LogP contribution >= 0.6 is 0 Å². The van der Waals surface area contributed by atoms with E-state index < -0.39 is 5.41 Å². The molecule has 2 unspecified atom stereocenters. The number of carbonyl (C=O) groups is 2. The molecule has 0 saturated carbocycles. The summed E-state index contributed by atoms with van der Waals surface area (Å²) in [6, 6.07) is -0.0266. The summed E-state index contributed by atoms with van der Waals surface area (Å²) in [4.78, 5) is 23.9. The predicted molar refractivity (Wildman–Crippen MR) is 54.8 cm³/mol. The van der Waals surface area contributed by atoms with Crippen LogP contribution in [-0.4, -0.2) is 17.7 Å². The second-order valence-electron chi connectivity index (χ2n) is 4.20. The van der Waals surface area contributed by atoms with E-state index in [2.05, 4.69) is 5.32 Å². The zero-order valence-corrected chi connectivity index (χ0v) is 9.39. The highest BCUT2D eigenvalue weighted by Crippen LogP contribution is 2.35. The van der Waals surface area contributed by atoms with Gasteiger partial charge in [0.1, 0.15) is 5.41 Å². The number of amides is 1. The Morgan fingerprint density at radius 1 is 1.21 bits per heavy atom. The summed E-state index contributed by atoms with van der Waals surface area (Å²) in [7, 11) is 0. The van der Waals surface area contributed by atoms with E-state index in [0.29, 0.717) is 12.8 Å². The molecule has 1 saturated heterocycles. The first-order chi connectivity index (χ1) is 6.49. The average Bonchev–Trinajstić information content (AvgIpc) is 2.17. The monoisotopic (exact) mass is 197 g/mol. The van der Waals surface area contributed by atoms with Gasteiger partial charge in [-0.25, -0.2) is 0 Å². The fourth-order valence-corrected chi connectivity index (χ4v) is 2.16. The van der Waals surface area contributed by atoms with E-state index in [-0.39, 0.29) is 23.7 Å². The molecule has 0 bridgehead atoms. The zero-order valence-electron chi connectivity index (χ0n) is 9.39. The lowest BCUT2D eigenvalue weighted by atomic mass is 9.69. The van der Waals surface area contributed by atoms with Gasteiger partial charge in [0, 0.05) is 12.0 Å². The number of carbonyl (C=O) groups excluding carboxylic acids is 2. The van der Waals surface area contributed by atoms with E-state index in [1.165, 1.54) is 0 Å². The minimum absolute atomic E-state index is 0.0266. The lowest BCUT2D eigenvalue weighted by Crippen LogP contribution is -2.59. The van der Waals surface area contributed by atoms with Gasteiger partial charge in [-0.15, -0.1) is 0 Å². The maximum atomic E-state index is 12.1. The van der Waals surface area contributed by atoms with Crippen molar-refractivity contribution in [3.05, 3.63) is 0 Å². The van der Waals surface area contributed by atoms with Crippen molar-refractivity contribution in [3.8, 4) is 0 Å². The Kier molecular flexibility index (Phi) is 2.98. The third-order valence-corrected chi connectivity index (χ3v) is 3.64. The zero-order chi connectivity index (χ0) is 10.9. The fourth-order valence-electron chi connectivity index (χ4n) is 2.16. The van der Waals surface area contributed by atoms with Crippen LogP contribution in [0.15, 0.2) is 0 Å². The quantitative estimate of drug-likeness (QED) is 0.682. The highest BCUT2D eigenvalue weighted by molar-refractivity contribution is 6.09. The molecule has 0 aromatic heterocycles. The van der Waals surface area contributed by atoms with E-state index in [9.17, 15) is 9.59 Å². The van der Waals surface area contributed by atoms with Crippen molar-refractivity contribution in [2.75, 3.05) is 0 Å². The molecule has 80 valence electrons. The Labute approximate surface area is 85.3 Å². The maximum absolute atomic E-state index is 12.1. The molecule has 0 aliphatic carbocycles. The molecule has 0 spiro atoms. The molecular formula is C11H19NO2. The van der Waals surface area contributed by atoms with Crippen molar-refractivity contribution in [1.29, 1.82) is 0 Å². The SMILES string of the molecule is CCC1(CC)C(=O)NC(C)C(C)C1=O. The third kappa shape index (κ3) is 1.35. The van der Waals surface area contributed by atoms with Crippen LogP contribution in [0.5, 0.6) is 0 Å². The van der Waals surface area contributed by atoms with Crippen LogP contribution in [0.25, 0.3) is 0 Å². The van der Waals surface area contributed by atoms with Crippen LogP contribution in [0, 0.1) is 11.3 Å². The second kappa shape index (κ2) is 3.71. The molecular weight excluding hydrogens is 178 g/mol. The van der Waals surface area contributed by atoms with Gasteiger partial charge in [0.25, 0.3) is 0 Å². The van der Waals surface area contributed by atoms with E-state index in [1.807, 2.05) is 27.7 Å². The number of ketones is 1. The van der Waals surface area contributed by atoms with Crippen molar-refractivity contribution in [3.63, 3.8) is 0 Å². The lowest BCUT2D eigenvalue weighted by Gasteiger charge is -2.39. The van der Waals surface area contributed by atoms with Crippen LogP contribution in [0.3, 0.4) is 0 Å². The summed E-state index contributed by atoms with van der Waals surface area (Å²) in [6.07, 6.45) is 1.20. The Hall–Kier alpha value is -0.860. The fraction of sp³-hybridized carbons (Fsp3) is 0.818. The molecule has 0 aromatic carbocycles. The third-order valence-electron chi connectivity index (χ3n) is 3.64. The van der Waals surface area contributed by atoms with Crippen molar-refractivity contribution >= 4 is 11.7 Å². The van der Waals surface area contributed by atoms with Gasteiger partial charge in [-0.3, -0.25) is 9.59 Å². The Bertz CT molecular complexity index is 256. The molecule has 0 aromatic rings. The Morgan fingerprint density at radius 3 is 2.14 bits per heavy atom. The number of hydrogen-bond acceptors (Lipinski definition) is 2. The van der Waals surface area contributed by atoms with Crippen LogP contribution in [0.1, 0.15) is 40.5 Å². The van der Waals surface area contributed by atoms with Gasteiger partial charge >= 0.3 is 0 Å². The number of rotatable bonds is 2. The highest BCUT2D eigenvalue weighted by atomic mass is 16.2. The van der Waals surface area contributed by atoms with Gasteiger partial charge in [-0.05, 0) is 19.8 Å². The molecule has 3 heteroatoms.